The molecule has 2 aromatic rings. The van der Waals surface area contributed by atoms with Gasteiger partial charge < -0.3 is 0 Å². The SMILES string of the molecule is O=[N+]([O-])c1ccc(S(=O)(=O)N2C[C@@H]2c2ccc(F)cc2)cc1. The van der Waals surface area contributed by atoms with Crippen LogP contribution in [-0.2, 0) is 10.0 Å². The first kappa shape index (κ1) is 14.6. The van der Waals surface area contributed by atoms with E-state index >= 15 is 0 Å². The van der Waals surface area contributed by atoms with Gasteiger partial charge in [0.2, 0.25) is 10.0 Å². The molecule has 0 aliphatic carbocycles. The van der Waals surface area contributed by atoms with E-state index in [4.69, 9.17) is 0 Å². The van der Waals surface area contributed by atoms with Gasteiger partial charge in [0.05, 0.1) is 15.9 Å². The molecule has 1 unspecified atom stereocenters. The molecule has 2 aromatic carbocycles. The first-order valence-corrected chi connectivity index (χ1v) is 7.85. The third-order valence-corrected chi connectivity index (χ3v) is 5.36. The van der Waals surface area contributed by atoms with Crippen molar-refractivity contribution in [3.63, 3.8) is 0 Å². The number of sulfonamides is 1. The molecule has 8 heteroatoms. The maximum Gasteiger partial charge on any atom is 0.269 e. The molecule has 1 aliphatic rings. The van der Waals surface area contributed by atoms with Gasteiger partial charge in [-0.25, -0.2) is 12.8 Å². The molecule has 22 heavy (non-hydrogen) atoms. The molecule has 0 bridgehead atoms. The van der Waals surface area contributed by atoms with Gasteiger partial charge in [0, 0.05) is 18.7 Å². The Morgan fingerprint density at radius 1 is 1.09 bits per heavy atom. The van der Waals surface area contributed by atoms with Crippen LogP contribution in [0.4, 0.5) is 10.1 Å². The number of hydrogen-bond acceptors (Lipinski definition) is 4. The molecule has 2 atom stereocenters. The van der Waals surface area contributed by atoms with Crippen molar-refractivity contribution in [2.45, 2.75) is 10.9 Å². The van der Waals surface area contributed by atoms with E-state index in [1.807, 2.05) is 0 Å². The van der Waals surface area contributed by atoms with Gasteiger partial charge in [0.1, 0.15) is 5.82 Å². The van der Waals surface area contributed by atoms with E-state index in [0.29, 0.717) is 12.1 Å². The van der Waals surface area contributed by atoms with Gasteiger partial charge in [-0.05, 0) is 29.8 Å². The Morgan fingerprint density at radius 3 is 2.23 bits per heavy atom. The number of non-ortho nitro benzene ring substituents is 1. The third kappa shape index (κ3) is 2.58. The van der Waals surface area contributed by atoms with Crippen molar-refractivity contribution in [1.82, 2.24) is 4.31 Å². The van der Waals surface area contributed by atoms with Gasteiger partial charge in [-0.15, -0.1) is 0 Å². The summed E-state index contributed by atoms with van der Waals surface area (Å²) >= 11 is 0. The lowest BCUT2D eigenvalue weighted by Gasteiger charge is -2.06. The second kappa shape index (κ2) is 5.15. The maximum absolute atomic E-state index is 12.9. The van der Waals surface area contributed by atoms with Crippen LogP contribution in [0.2, 0.25) is 0 Å². The number of rotatable bonds is 4. The molecule has 0 saturated carbocycles. The average Bonchev–Trinajstić information content (AvgIpc) is 3.29. The summed E-state index contributed by atoms with van der Waals surface area (Å²) < 4.78 is 39.0. The van der Waals surface area contributed by atoms with E-state index in [2.05, 4.69) is 0 Å². The highest BCUT2D eigenvalue weighted by Gasteiger charge is 2.45. The van der Waals surface area contributed by atoms with Crippen LogP contribution in [0.15, 0.2) is 53.4 Å². The molecule has 114 valence electrons. The predicted molar refractivity (Wildman–Crippen MR) is 76.1 cm³/mol. The highest BCUT2D eigenvalue weighted by Crippen LogP contribution is 2.40. The van der Waals surface area contributed by atoms with Crippen LogP contribution in [0.5, 0.6) is 0 Å². The monoisotopic (exact) mass is 322 g/mol. The lowest BCUT2D eigenvalue weighted by Crippen LogP contribution is -2.12. The Hall–Kier alpha value is -2.32. The standard InChI is InChI=1S/C14H11FN2O4S/c15-11-3-1-10(2-4-11)14-9-16(14)22(20,21)13-7-5-12(6-8-13)17(18)19/h1-8,14H,9H2/t14-,16?/m1/s1. The van der Waals surface area contributed by atoms with Crippen LogP contribution in [0.3, 0.4) is 0 Å². The third-order valence-electron chi connectivity index (χ3n) is 3.48. The molecule has 1 heterocycles. The number of benzene rings is 2. The van der Waals surface area contributed by atoms with Gasteiger partial charge in [-0.1, -0.05) is 12.1 Å². The molecule has 3 rings (SSSR count). The Balaban J connectivity index is 1.82. The molecule has 0 amide bonds. The Kier molecular flexibility index (Phi) is 3.42. The molecular weight excluding hydrogens is 311 g/mol. The van der Waals surface area contributed by atoms with Gasteiger partial charge in [0.25, 0.3) is 5.69 Å². The number of nitro groups is 1. The van der Waals surface area contributed by atoms with Gasteiger partial charge in [-0.3, -0.25) is 10.1 Å². The van der Waals surface area contributed by atoms with Crippen LogP contribution in [0.25, 0.3) is 0 Å². The Labute approximate surface area is 126 Å². The zero-order chi connectivity index (χ0) is 15.9. The lowest BCUT2D eigenvalue weighted by atomic mass is 10.2. The van der Waals surface area contributed by atoms with Crippen LogP contribution in [-0.4, -0.2) is 24.2 Å². The van der Waals surface area contributed by atoms with Gasteiger partial charge in [-0.2, -0.15) is 4.31 Å². The second-order valence-corrected chi connectivity index (χ2v) is 6.78. The fourth-order valence-corrected chi connectivity index (χ4v) is 3.77. The lowest BCUT2D eigenvalue weighted by molar-refractivity contribution is -0.384. The van der Waals surface area contributed by atoms with Crippen molar-refractivity contribution >= 4 is 15.7 Å². The Morgan fingerprint density at radius 2 is 1.68 bits per heavy atom. The maximum atomic E-state index is 12.9. The quantitative estimate of drug-likeness (QED) is 0.492. The summed E-state index contributed by atoms with van der Waals surface area (Å²) in [6.07, 6.45) is 0. The summed E-state index contributed by atoms with van der Waals surface area (Å²) in [5, 5.41) is 10.6. The zero-order valence-electron chi connectivity index (χ0n) is 11.2. The second-order valence-electron chi connectivity index (χ2n) is 4.89. The van der Waals surface area contributed by atoms with Crippen molar-refractivity contribution in [1.29, 1.82) is 0 Å². The minimum atomic E-state index is -3.70. The molecule has 0 spiro atoms. The molecular formula is C14H11FN2O4S. The van der Waals surface area contributed by atoms with Crippen LogP contribution in [0.1, 0.15) is 11.6 Å². The molecule has 1 saturated heterocycles. The largest absolute Gasteiger partial charge is 0.269 e. The summed E-state index contributed by atoms with van der Waals surface area (Å²) in [4.78, 5) is 10.0. The predicted octanol–water partition coefficient (Wildman–Crippen LogP) is 2.48. The summed E-state index contributed by atoms with van der Waals surface area (Å²) in [7, 11) is -3.70. The molecule has 0 N–H and O–H groups in total. The Bertz CT molecular complexity index is 819. The average molecular weight is 322 g/mol. The summed E-state index contributed by atoms with van der Waals surface area (Å²) in [5.41, 5.74) is 0.548. The number of hydrogen-bond donors (Lipinski definition) is 0. The van der Waals surface area contributed by atoms with Crippen molar-refractivity contribution in [2.24, 2.45) is 0 Å². The van der Waals surface area contributed by atoms with Crippen molar-refractivity contribution in [3.05, 3.63) is 70.0 Å². The molecule has 0 aromatic heterocycles. The van der Waals surface area contributed by atoms with Crippen molar-refractivity contribution in [3.8, 4) is 0 Å². The van der Waals surface area contributed by atoms with Crippen LogP contribution >= 0.6 is 0 Å². The normalized spacial score (nSPS) is 20.6. The fourth-order valence-electron chi connectivity index (χ4n) is 2.22. The van der Waals surface area contributed by atoms with Crippen molar-refractivity contribution < 1.29 is 17.7 Å². The number of nitro benzene ring substituents is 1. The summed E-state index contributed by atoms with van der Waals surface area (Å²) in [6, 6.07) is 10.1. The van der Waals surface area contributed by atoms with E-state index in [0.717, 1.165) is 12.1 Å². The summed E-state index contributed by atoms with van der Waals surface area (Å²) in [6.45, 7) is 0.310. The molecule has 1 aliphatic heterocycles. The number of nitrogens with zero attached hydrogens (tertiary/aromatic N) is 2. The van der Waals surface area contributed by atoms with E-state index in [-0.39, 0.29) is 22.4 Å². The molecule has 0 radical (unpaired) electrons. The van der Waals surface area contributed by atoms with Gasteiger partial charge in [0.15, 0.2) is 0 Å². The number of halogens is 1. The minimum Gasteiger partial charge on any atom is -0.258 e. The first-order valence-electron chi connectivity index (χ1n) is 6.41. The smallest absolute Gasteiger partial charge is 0.258 e. The van der Waals surface area contributed by atoms with Gasteiger partial charge >= 0.3 is 0 Å². The molecule has 1 fully saturated rings. The summed E-state index contributed by atoms with van der Waals surface area (Å²) in [5.74, 6) is -0.380. The zero-order valence-corrected chi connectivity index (χ0v) is 12.0. The van der Waals surface area contributed by atoms with Crippen LogP contribution in [0, 0.1) is 15.9 Å². The highest BCUT2D eigenvalue weighted by atomic mass is 32.2. The van der Waals surface area contributed by atoms with E-state index in [1.165, 1.54) is 28.6 Å². The van der Waals surface area contributed by atoms with E-state index < -0.39 is 14.9 Å². The highest BCUT2D eigenvalue weighted by molar-refractivity contribution is 7.89. The van der Waals surface area contributed by atoms with Crippen molar-refractivity contribution in [2.75, 3.05) is 6.54 Å². The van der Waals surface area contributed by atoms with E-state index in [9.17, 15) is 22.9 Å². The van der Waals surface area contributed by atoms with Crippen LogP contribution < -0.4 is 0 Å². The first-order chi connectivity index (χ1) is 10.4. The minimum absolute atomic E-state index is 0.00251. The van der Waals surface area contributed by atoms with E-state index in [1.54, 1.807) is 12.1 Å². The topological polar surface area (TPSA) is 80.3 Å². The molecule has 6 nitrogen and oxygen atoms in total. The fraction of sp³-hybridized carbons (Fsp3) is 0.143.